The highest BCUT2D eigenvalue weighted by atomic mass is 16.2. The first-order valence-corrected chi connectivity index (χ1v) is 8.67. The molecule has 6 nitrogen and oxygen atoms in total. The van der Waals surface area contributed by atoms with E-state index in [4.69, 9.17) is 5.73 Å². The highest BCUT2D eigenvalue weighted by molar-refractivity contribution is 5.79. The minimum absolute atomic E-state index is 0.173. The quantitative estimate of drug-likeness (QED) is 0.715. The molecule has 134 valence electrons. The van der Waals surface area contributed by atoms with Crippen LogP contribution in [0.2, 0.25) is 0 Å². The Balaban J connectivity index is 2.11. The van der Waals surface area contributed by atoms with E-state index in [1.165, 1.54) is 0 Å². The average Bonchev–Trinajstić information content (AvgIpc) is 2.65. The van der Waals surface area contributed by atoms with Crippen molar-refractivity contribution < 1.29 is 4.79 Å². The van der Waals surface area contributed by atoms with Crippen molar-refractivity contribution in [3.8, 4) is 0 Å². The van der Waals surface area contributed by atoms with Crippen molar-refractivity contribution in [2.24, 2.45) is 11.7 Å². The number of carbonyl (C=O) groups is 1. The fourth-order valence-electron chi connectivity index (χ4n) is 2.92. The largest absolute Gasteiger partial charge is 0.352 e. The molecule has 2 unspecified atom stereocenters. The minimum atomic E-state index is -0.404. The van der Waals surface area contributed by atoms with Gasteiger partial charge in [0.15, 0.2) is 0 Å². The summed E-state index contributed by atoms with van der Waals surface area (Å²) >= 11 is 0. The average molecular weight is 342 g/mol. The van der Waals surface area contributed by atoms with Gasteiger partial charge >= 0.3 is 0 Å². The van der Waals surface area contributed by atoms with Crippen LogP contribution >= 0.6 is 0 Å². The predicted molar refractivity (Wildman–Crippen MR) is 98.0 cm³/mol. The van der Waals surface area contributed by atoms with Crippen LogP contribution in [0.5, 0.6) is 0 Å². The molecule has 2 rings (SSSR count). The van der Waals surface area contributed by atoms with Gasteiger partial charge in [-0.3, -0.25) is 9.59 Å². The Hall–Kier alpha value is -2.47. The maximum Gasteiger partial charge on any atom is 0.269 e. The van der Waals surface area contributed by atoms with Gasteiger partial charge in [0.25, 0.3) is 5.56 Å². The maximum absolute atomic E-state index is 12.5. The fourth-order valence-corrected chi connectivity index (χ4v) is 2.92. The number of benzene rings is 1. The van der Waals surface area contributed by atoms with Crippen LogP contribution in [-0.4, -0.2) is 16.1 Å². The lowest BCUT2D eigenvalue weighted by molar-refractivity contribution is -0.125. The minimum Gasteiger partial charge on any atom is -0.352 e. The van der Waals surface area contributed by atoms with Gasteiger partial charge in [-0.1, -0.05) is 51.1 Å². The first kappa shape index (κ1) is 18.9. The van der Waals surface area contributed by atoms with Gasteiger partial charge in [0.05, 0.1) is 11.6 Å². The van der Waals surface area contributed by atoms with E-state index >= 15 is 0 Å². The Morgan fingerprint density at radius 3 is 2.48 bits per heavy atom. The number of hydrogen-bond acceptors (Lipinski definition) is 4. The molecular weight excluding hydrogens is 316 g/mol. The summed E-state index contributed by atoms with van der Waals surface area (Å²) in [6, 6.07) is 9.13. The smallest absolute Gasteiger partial charge is 0.269 e. The molecule has 0 bridgehead atoms. The number of hydrogen-bond donors (Lipinski definition) is 3. The standard InChI is InChI=1S/C19H26N4O2/c1-4-14-15(19(25)23-22-16(14)5-2)11-21-18(24)12(3)17(20)13-9-7-6-8-10-13/h6-10,12,17H,4-5,11,20H2,1-3H3,(H,21,24)(H,23,25). The molecule has 0 saturated carbocycles. The molecule has 0 aliphatic heterocycles. The van der Waals surface area contributed by atoms with Crippen molar-refractivity contribution in [2.45, 2.75) is 46.2 Å². The van der Waals surface area contributed by atoms with Crippen molar-refractivity contribution in [3.05, 3.63) is 63.1 Å². The van der Waals surface area contributed by atoms with Gasteiger partial charge in [0, 0.05) is 18.2 Å². The predicted octanol–water partition coefficient (Wildman–Crippen LogP) is 1.85. The zero-order valence-corrected chi connectivity index (χ0v) is 15.0. The molecule has 0 fully saturated rings. The van der Waals surface area contributed by atoms with Crippen LogP contribution < -0.4 is 16.6 Å². The second-order valence-electron chi connectivity index (χ2n) is 6.11. The highest BCUT2D eigenvalue weighted by Crippen LogP contribution is 2.19. The first-order valence-electron chi connectivity index (χ1n) is 8.67. The molecule has 1 amide bonds. The van der Waals surface area contributed by atoms with E-state index in [0.29, 0.717) is 12.0 Å². The Morgan fingerprint density at radius 2 is 1.88 bits per heavy atom. The molecule has 1 aromatic heterocycles. The van der Waals surface area contributed by atoms with Gasteiger partial charge < -0.3 is 11.1 Å². The van der Waals surface area contributed by atoms with Gasteiger partial charge in [0.2, 0.25) is 5.91 Å². The molecule has 0 saturated heterocycles. The van der Waals surface area contributed by atoms with Crippen molar-refractivity contribution >= 4 is 5.91 Å². The monoisotopic (exact) mass is 342 g/mol. The molecule has 0 spiro atoms. The topological polar surface area (TPSA) is 101 Å². The molecule has 2 aromatic rings. The van der Waals surface area contributed by atoms with E-state index in [1.54, 1.807) is 6.92 Å². The molecule has 0 aliphatic rings. The Morgan fingerprint density at radius 1 is 1.20 bits per heavy atom. The lowest BCUT2D eigenvalue weighted by Gasteiger charge is -2.20. The number of nitrogens with one attached hydrogen (secondary N) is 2. The van der Waals surface area contributed by atoms with Crippen LogP contribution in [0.15, 0.2) is 35.1 Å². The summed E-state index contributed by atoms with van der Waals surface area (Å²) in [5.74, 6) is -0.577. The third-order valence-electron chi connectivity index (χ3n) is 4.54. The summed E-state index contributed by atoms with van der Waals surface area (Å²) in [4.78, 5) is 24.6. The Kier molecular flexibility index (Phi) is 6.47. The van der Waals surface area contributed by atoms with Gasteiger partial charge in [-0.2, -0.15) is 5.10 Å². The van der Waals surface area contributed by atoms with E-state index in [2.05, 4.69) is 15.5 Å². The van der Waals surface area contributed by atoms with E-state index in [-0.39, 0.29) is 18.0 Å². The van der Waals surface area contributed by atoms with Crippen LogP contribution in [0.1, 0.15) is 49.2 Å². The molecule has 2 atom stereocenters. The van der Waals surface area contributed by atoms with E-state index in [0.717, 1.165) is 23.2 Å². The molecule has 1 heterocycles. The van der Waals surface area contributed by atoms with Crippen molar-refractivity contribution in [3.63, 3.8) is 0 Å². The summed E-state index contributed by atoms with van der Waals surface area (Å²) in [7, 11) is 0. The highest BCUT2D eigenvalue weighted by Gasteiger charge is 2.22. The number of carbonyl (C=O) groups excluding carboxylic acids is 1. The van der Waals surface area contributed by atoms with Crippen LogP contribution in [0.3, 0.4) is 0 Å². The zero-order valence-electron chi connectivity index (χ0n) is 15.0. The number of aromatic amines is 1. The second-order valence-corrected chi connectivity index (χ2v) is 6.11. The number of amides is 1. The number of nitrogens with two attached hydrogens (primary N) is 1. The van der Waals surface area contributed by atoms with Crippen LogP contribution in [0.25, 0.3) is 0 Å². The van der Waals surface area contributed by atoms with Crippen LogP contribution in [-0.2, 0) is 24.2 Å². The van der Waals surface area contributed by atoms with Crippen molar-refractivity contribution in [1.82, 2.24) is 15.5 Å². The van der Waals surface area contributed by atoms with Gasteiger partial charge in [-0.25, -0.2) is 5.10 Å². The molecule has 0 aliphatic carbocycles. The summed E-state index contributed by atoms with van der Waals surface area (Å²) in [5.41, 5.74) is 9.20. The van der Waals surface area contributed by atoms with Crippen LogP contribution in [0.4, 0.5) is 0 Å². The van der Waals surface area contributed by atoms with Crippen LogP contribution in [0, 0.1) is 5.92 Å². The summed E-state index contributed by atoms with van der Waals surface area (Å²) < 4.78 is 0. The van der Waals surface area contributed by atoms with E-state index in [9.17, 15) is 9.59 Å². The third-order valence-corrected chi connectivity index (χ3v) is 4.54. The molecular formula is C19H26N4O2. The van der Waals surface area contributed by atoms with Gasteiger partial charge in [-0.05, 0) is 24.0 Å². The Labute approximate surface area is 147 Å². The van der Waals surface area contributed by atoms with E-state index < -0.39 is 12.0 Å². The number of rotatable bonds is 7. The summed E-state index contributed by atoms with van der Waals surface area (Å²) in [6.45, 7) is 5.94. The molecule has 1 aromatic carbocycles. The van der Waals surface area contributed by atoms with E-state index in [1.807, 2.05) is 44.2 Å². The van der Waals surface area contributed by atoms with Crippen molar-refractivity contribution in [2.75, 3.05) is 0 Å². The lowest BCUT2D eigenvalue weighted by Crippen LogP contribution is -2.37. The van der Waals surface area contributed by atoms with Crippen molar-refractivity contribution in [1.29, 1.82) is 0 Å². The fraction of sp³-hybridized carbons (Fsp3) is 0.421. The number of nitrogens with zero attached hydrogens (tertiary/aromatic N) is 1. The zero-order chi connectivity index (χ0) is 18.4. The maximum atomic E-state index is 12.5. The molecule has 4 N–H and O–H groups in total. The first-order chi connectivity index (χ1) is 12.0. The number of aryl methyl sites for hydroxylation is 1. The van der Waals surface area contributed by atoms with Gasteiger partial charge in [-0.15, -0.1) is 0 Å². The normalized spacial score (nSPS) is 13.3. The molecule has 0 radical (unpaired) electrons. The summed E-state index contributed by atoms with van der Waals surface area (Å²) in [6.07, 6.45) is 1.43. The van der Waals surface area contributed by atoms with Gasteiger partial charge in [0.1, 0.15) is 0 Å². The number of H-pyrrole nitrogens is 1. The number of aromatic nitrogens is 2. The third kappa shape index (κ3) is 4.33. The Bertz CT molecular complexity index is 771. The summed E-state index contributed by atoms with van der Waals surface area (Å²) in [5, 5.41) is 9.45. The SMILES string of the molecule is CCc1n[nH]c(=O)c(CNC(=O)C(C)C(N)c2ccccc2)c1CC. The second kappa shape index (κ2) is 8.58. The molecule has 6 heteroatoms. The molecule has 25 heavy (non-hydrogen) atoms. The lowest BCUT2D eigenvalue weighted by atomic mass is 9.94.